The maximum absolute atomic E-state index is 12.6. The van der Waals surface area contributed by atoms with Gasteiger partial charge in [-0.25, -0.2) is 0 Å². The number of carbonyl (C=O) groups is 1. The number of carbonyl (C=O) groups excluding carboxylic acids is 1. The van der Waals surface area contributed by atoms with Gasteiger partial charge in [0.25, 0.3) is 0 Å². The second-order valence-corrected chi connectivity index (χ2v) is 6.85. The van der Waals surface area contributed by atoms with E-state index in [1.807, 2.05) is 33.2 Å². The molecule has 1 aromatic rings. The molecule has 1 heterocycles. The van der Waals surface area contributed by atoms with Gasteiger partial charge in [0.2, 0.25) is 5.91 Å². The molecule has 0 aliphatic heterocycles. The third-order valence-corrected chi connectivity index (χ3v) is 4.60. The van der Waals surface area contributed by atoms with E-state index in [1.165, 1.54) is 0 Å². The molecule has 0 spiro atoms. The van der Waals surface area contributed by atoms with Gasteiger partial charge in [-0.05, 0) is 31.9 Å². The van der Waals surface area contributed by atoms with Crippen molar-refractivity contribution in [2.24, 2.45) is 10.4 Å². The standard InChI is InChI=1S/C19H31N5O2/c1-4-21-18(22-12-13-26-16-8-7-11-20-14-16)23-15-19(9-5-6-10-19)17(25)24(2)3/h7-8,11,14H,4-6,9-10,12-13,15H2,1-3H3,(H2,21,22,23). The summed E-state index contributed by atoms with van der Waals surface area (Å²) < 4.78 is 5.63. The van der Waals surface area contributed by atoms with Crippen molar-refractivity contribution < 1.29 is 9.53 Å². The molecule has 1 aromatic heterocycles. The summed E-state index contributed by atoms with van der Waals surface area (Å²) in [6.45, 7) is 4.44. The summed E-state index contributed by atoms with van der Waals surface area (Å²) in [6, 6.07) is 3.72. The van der Waals surface area contributed by atoms with Crippen LogP contribution in [0, 0.1) is 5.41 Å². The Morgan fingerprint density at radius 1 is 1.35 bits per heavy atom. The average Bonchev–Trinajstić information content (AvgIpc) is 3.13. The van der Waals surface area contributed by atoms with Gasteiger partial charge in [0.15, 0.2) is 5.96 Å². The van der Waals surface area contributed by atoms with Crippen LogP contribution in [0.3, 0.4) is 0 Å². The summed E-state index contributed by atoms with van der Waals surface area (Å²) in [5.74, 6) is 1.66. The van der Waals surface area contributed by atoms with Crippen LogP contribution in [0.4, 0.5) is 0 Å². The number of nitrogens with zero attached hydrogens (tertiary/aromatic N) is 3. The minimum absolute atomic E-state index is 0.189. The number of hydrogen-bond donors (Lipinski definition) is 2. The van der Waals surface area contributed by atoms with Gasteiger partial charge in [0, 0.05) is 26.8 Å². The highest BCUT2D eigenvalue weighted by molar-refractivity contribution is 5.84. The second-order valence-electron chi connectivity index (χ2n) is 6.85. The van der Waals surface area contributed by atoms with Crippen molar-refractivity contribution in [2.75, 3.05) is 40.3 Å². The maximum atomic E-state index is 12.6. The Kier molecular flexibility index (Phi) is 7.69. The molecule has 2 rings (SSSR count). The van der Waals surface area contributed by atoms with Crippen molar-refractivity contribution in [1.29, 1.82) is 0 Å². The van der Waals surface area contributed by atoms with E-state index in [0.29, 0.717) is 19.7 Å². The molecule has 26 heavy (non-hydrogen) atoms. The van der Waals surface area contributed by atoms with Crippen molar-refractivity contribution in [1.82, 2.24) is 20.5 Å². The van der Waals surface area contributed by atoms with Crippen LogP contribution in [-0.2, 0) is 4.79 Å². The largest absolute Gasteiger partial charge is 0.490 e. The van der Waals surface area contributed by atoms with Crippen LogP contribution in [-0.4, -0.2) is 62.1 Å². The first-order valence-corrected chi connectivity index (χ1v) is 9.34. The van der Waals surface area contributed by atoms with E-state index in [9.17, 15) is 4.79 Å². The van der Waals surface area contributed by atoms with E-state index in [0.717, 1.165) is 43.9 Å². The molecule has 1 aliphatic rings. The molecule has 1 amide bonds. The van der Waals surface area contributed by atoms with Gasteiger partial charge >= 0.3 is 0 Å². The number of amides is 1. The number of aliphatic imine (C=N–C) groups is 1. The lowest BCUT2D eigenvalue weighted by molar-refractivity contribution is -0.138. The van der Waals surface area contributed by atoms with E-state index in [-0.39, 0.29) is 11.3 Å². The van der Waals surface area contributed by atoms with Gasteiger partial charge in [0.05, 0.1) is 24.7 Å². The summed E-state index contributed by atoms with van der Waals surface area (Å²) in [6.07, 6.45) is 7.43. The number of pyridine rings is 1. The molecular weight excluding hydrogens is 330 g/mol. The van der Waals surface area contributed by atoms with Gasteiger partial charge < -0.3 is 20.3 Å². The Hall–Kier alpha value is -2.31. The van der Waals surface area contributed by atoms with Gasteiger partial charge in [-0.15, -0.1) is 0 Å². The second kappa shape index (κ2) is 9.99. The van der Waals surface area contributed by atoms with Crippen LogP contribution < -0.4 is 15.4 Å². The lowest BCUT2D eigenvalue weighted by Crippen LogP contribution is -2.43. The molecular formula is C19H31N5O2. The topological polar surface area (TPSA) is 78.9 Å². The van der Waals surface area contributed by atoms with Crippen molar-refractivity contribution in [3.8, 4) is 5.75 Å². The van der Waals surface area contributed by atoms with Gasteiger partial charge in [-0.2, -0.15) is 0 Å². The molecule has 1 aliphatic carbocycles. The lowest BCUT2D eigenvalue weighted by atomic mass is 9.85. The average molecular weight is 361 g/mol. The minimum Gasteiger partial charge on any atom is -0.490 e. The zero-order valence-corrected chi connectivity index (χ0v) is 16.1. The first-order valence-electron chi connectivity index (χ1n) is 9.34. The SMILES string of the molecule is CCNC(=NCC1(C(=O)N(C)C)CCCC1)NCCOc1cccnc1. The van der Waals surface area contributed by atoms with E-state index in [2.05, 4.69) is 15.6 Å². The highest BCUT2D eigenvalue weighted by Crippen LogP contribution is 2.39. The molecule has 0 aromatic carbocycles. The number of hydrogen-bond acceptors (Lipinski definition) is 4. The first kappa shape index (κ1) is 20.0. The zero-order chi connectivity index (χ0) is 18.8. The summed E-state index contributed by atoms with van der Waals surface area (Å²) in [7, 11) is 3.65. The molecule has 1 saturated carbocycles. The number of aromatic nitrogens is 1. The summed E-state index contributed by atoms with van der Waals surface area (Å²) in [4.78, 5) is 23.1. The fourth-order valence-electron chi connectivity index (χ4n) is 3.31. The molecule has 1 fully saturated rings. The summed E-state index contributed by atoms with van der Waals surface area (Å²) in [5, 5.41) is 6.51. The van der Waals surface area contributed by atoms with Crippen LogP contribution in [0.25, 0.3) is 0 Å². The van der Waals surface area contributed by atoms with Crippen LogP contribution in [0.15, 0.2) is 29.5 Å². The third-order valence-electron chi connectivity index (χ3n) is 4.60. The molecule has 0 saturated heterocycles. The monoisotopic (exact) mass is 361 g/mol. The number of rotatable bonds is 8. The minimum atomic E-state index is -0.349. The van der Waals surface area contributed by atoms with E-state index in [4.69, 9.17) is 9.73 Å². The lowest BCUT2D eigenvalue weighted by Gasteiger charge is -2.29. The molecule has 0 bridgehead atoms. The van der Waals surface area contributed by atoms with Crippen LogP contribution >= 0.6 is 0 Å². The molecule has 0 radical (unpaired) electrons. The fourth-order valence-corrected chi connectivity index (χ4v) is 3.31. The number of nitrogens with one attached hydrogen (secondary N) is 2. The predicted molar refractivity (Wildman–Crippen MR) is 103 cm³/mol. The van der Waals surface area contributed by atoms with Crippen molar-refractivity contribution in [3.63, 3.8) is 0 Å². The smallest absolute Gasteiger partial charge is 0.230 e. The fraction of sp³-hybridized carbons (Fsp3) is 0.632. The van der Waals surface area contributed by atoms with Gasteiger partial charge in [-0.3, -0.25) is 14.8 Å². The molecule has 7 nitrogen and oxygen atoms in total. The number of guanidine groups is 1. The zero-order valence-electron chi connectivity index (χ0n) is 16.1. The van der Waals surface area contributed by atoms with E-state index < -0.39 is 0 Å². The Labute approximate surface area is 156 Å². The third kappa shape index (κ3) is 5.61. The Morgan fingerprint density at radius 2 is 2.12 bits per heavy atom. The van der Waals surface area contributed by atoms with Gasteiger partial charge in [-0.1, -0.05) is 12.8 Å². The van der Waals surface area contributed by atoms with Crippen molar-refractivity contribution in [2.45, 2.75) is 32.6 Å². The predicted octanol–water partition coefficient (Wildman–Crippen LogP) is 1.66. The van der Waals surface area contributed by atoms with E-state index >= 15 is 0 Å². The van der Waals surface area contributed by atoms with Gasteiger partial charge in [0.1, 0.15) is 12.4 Å². The number of ether oxygens (including phenoxy) is 1. The van der Waals surface area contributed by atoms with Crippen LogP contribution in [0.1, 0.15) is 32.6 Å². The Balaban J connectivity index is 1.89. The van der Waals surface area contributed by atoms with Crippen LogP contribution in [0.2, 0.25) is 0 Å². The summed E-state index contributed by atoms with van der Waals surface area (Å²) >= 11 is 0. The molecule has 7 heteroatoms. The highest BCUT2D eigenvalue weighted by Gasteiger charge is 2.41. The molecule has 2 N–H and O–H groups in total. The Morgan fingerprint density at radius 3 is 2.73 bits per heavy atom. The highest BCUT2D eigenvalue weighted by atomic mass is 16.5. The molecule has 144 valence electrons. The van der Waals surface area contributed by atoms with Crippen molar-refractivity contribution in [3.05, 3.63) is 24.5 Å². The normalized spacial score (nSPS) is 16.2. The summed E-state index contributed by atoms with van der Waals surface area (Å²) in [5.41, 5.74) is -0.349. The maximum Gasteiger partial charge on any atom is 0.230 e. The molecule has 0 atom stereocenters. The quantitative estimate of drug-likeness (QED) is 0.418. The van der Waals surface area contributed by atoms with Crippen LogP contribution in [0.5, 0.6) is 5.75 Å². The van der Waals surface area contributed by atoms with Crippen molar-refractivity contribution >= 4 is 11.9 Å². The Bertz CT molecular complexity index is 583. The van der Waals surface area contributed by atoms with E-state index in [1.54, 1.807) is 17.3 Å². The molecule has 0 unspecified atom stereocenters. The first-order chi connectivity index (χ1) is 12.6.